The summed E-state index contributed by atoms with van der Waals surface area (Å²) in [6.07, 6.45) is 5.28. The molecule has 0 unspecified atom stereocenters. The van der Waals surface area contributed by atoms with Crippen LogP contribution < -0.4 is 5.32 Å². The number of rotatable bonds is 5. The van der Waals surface area contributed by atoms with Gasteiger partial charge in [-0.25, -0.2) is 9.97 Å². The zero-order chi connectivity index (χ0) is 16.2. The summed E-state index contributed by atoms with van der Waals surface area (Å²) in [6, 6.07) is 7.43. The van der Waals surface area contributed by atoms with Crippen molar-refractivity contribution in [1.29, 1.82) is 0 Å². The van der Waals surface area contributed by atoms with Gasteiger partial charge in [-0.15, -0.1) is 0 Å². The maximum atomic E-state index is 12.3. The number of fused-ring (bicyclic) bond motifs is 1. The van der Waals surface area contributed by atoms with Gasteiger partial charge in [0.2, 0.25) is 0 Å². The van der Waals surface area contributed by atoms with E-state index in [1.54, 1.807) is 30.2 Å². The molecule has 118 valence electrons. The molecule has 0 spiro atoms. The van der Waals surface area contributed by atoms with Gasteiger partial charge in [-0.05, 0) is 12.3 Å². The maximum absolute atomic E-state index is 12.3. The van der Waals surface area contributed by atoms with Gasteiger partial charge in [0.1, 0.15) is 5.52 Å². The van der Waals surface area contributed by atoms with Crippen molar-refractivity contribution in [2.24, 2.45) is 0 Å². The van der Waals surface area contributed by atoms with E-state index in [1.165, 1.54) is 0 Å². The number of hydrogen-bond donors (Lipinski definition) is 2. The molecule has 0 aliphatic carbocycles. The summed E-state index contributed by atoms with van der Waals surface area (Å²) in [5.74, 6) is 0.709. The molecule has 3 rings (SSSR count). The molecule has 3 aromatic rings. The van der Waals surface area contributed by atoms with Gasteiger partial charge >= 0.3 is 0 Å². The zero-order valence-electron chi connectivity index (χ0n) is 12.5. The number of aromatic nitrogens is 3. The smallest absolute Gasteiger partial charge is 0.255 e. The van der Waals surface area contributed by atoms with Gasteiger partial charge in [0.05, 0.1) is 22.5 Å². The Hall–Kier alpha value is -2.05. The molecule has 2 aromatic heterocycles. The average molecular weight is 347 g/mol. The summed E-state index contributed by atoms with van der Waals surface area (Å²) in [5, 5.41) is 3.47. The highest BCUT2D eigenvalue weighted by Crippen LogP contribution is 2.27. The minimum Gasteiger partial charge on any atom is -0.351 e. The largest absolute Gasteiger partial charge is 0.351 e. The molecule has 1 amide bonds. The lowest BCUT2D eigenvalue weighted by atomic mass is 10.1. The van der Waals surface area contributed by atoms with Crippen LogP contribution in [0.25, 0.3) is 22.4 Å². The highest BCUT2D eigenvalue weighted by Gasteiger charge is 2.15. The molecule has 5 nitrogen and oxygen atoms in total. The SMILES string of the molecule is CSCCNC(=O)c1c[nH]c2ncc(-c3ccccc3Cl)nc12. The normalized spacial score (nSPS) is 10.9. The summed E-state index contributed by atoms with van der Waals surface area (Å²) in [5.41, 5.74) is 3.04. The van der Waals surface area contributed by atoms with Crippen LogP contribution in [-0.4, -0.2) is 39.4 Å². The van der Waals surface area contributed by atoms with E-state index in [-0.39, 0.29) is 5.91 Å². The standard InChI is InChI=1S/C16H15ClN4OS/c1-23-7-6-18-16(22)11-8-19-15-14(11)21-13(9-20-15)10-4-2-3-5-12(10)17/h2-5,8-9H,6-7H2,1H3,(H,18,22)(H,19,20). The first kappa shape index (κ1) is 15.8. The van der Waals surface area contributed by atoms with Gasteiger partial charge < -0.3 is 10.3 Å². The number of aromatic amines is 1. The van der Waals surface area contributed by atoms with Gasteiger partial charge in [-0.3, -0.25) is 4.79 Å². The molecule has 0 radical (unpaired) electrons. The summed E-state index contributed by atoms with van der Waals surface area (Å²) in [7, 11) is 0. The van der Waals surface area contributed by atoms with Crippen LogP contribution in [0.1, 0.15) is 10.4 Å². The molecule has 0 fully saturated rings. The fourth-order valence-electron chi connectivity index (χ4n) is 2.23. The maximum Gasteiger partial charge on any atom is 0.255 e. The predicted molar refractivity (Wildman–Crippen MR) is 95.0 cm³/mol. The lowest BCUT2D eigenvalue weighted by Gasteiger charge is -2.05. The summed E-state index contributed by atoms with van der Waals surface area (Å²) in [4.78, 5) is 24.2. The zero-order valence-corrected chi connectivity index (χ0v) is 14.0. The van der Waals surface area contributed by atoms with Crippen LogP contribution in [-0.2, 0) is 0 Å². The quantitative estimate of drug-likeness (QED) is 0.695. The second kappa shape index (κ2) is 7.02. The van der Waals surface area contributed by atoms with E-state index >= 15 is 0 Å². The second-order valence-corrected chi connectivity index (χ2v) is 6.28. The van der Waals surface area contributed by atoms with Crippen LogP contribution in [0.5, 0.6) is 0 Å². The number of nitrogens with zero attached hydrogens (tertiary/aromatic N) is 2. The molecule has 0 saturated carbocycles. The Kier molecular flexibility index (Phi) is 4.83. The van der Waals surface area contributed by atoms with Crippen molar-refractivity contribution < 1.29 is 4.79 Å². The minimum atomic E-state index is -0.157. The van der Waals surface area contributed by atoms with Crippen molar-refractivity contribution in [3.05, 3.63) is 47.2 Å². The van der Waals surface area contributed by atoms with Gasteiger partial charge in [0.15, 0.2) is 5.65 Å². The van der Waals surface area contributed by atoms with Gasteiger partial charge in [0.25, 0.3) is 5.91 Å². The van der Waals surface area contributed by atoms with Crippen LogP contribution in [0.3, 0.4) is 0 Å². The Morgan fingerprint density at radius 3 is 3.00 bits per heavy atom. The molecule has 0 aliphatic heterocycles. The van der Waals surface area contributed by atoms with Crippen LogP contribution in [0.15, 0.2) is 36.7 Å². The van der Waals surface area contributed by atoms with Crippen molar-refractivity contribution in [1.82, 2.24) is 20.3 Å². The molecule has 0 atom stereocenters. The van der Waals surface area contributed by atoms with E-state index in [2.05, 4.69) is 20.3 Å². The molecule has 1 aromatic carbocycles. The van der Waals surface area contributed by atoms with E-state index in [0.717, 1.165) is 11.3 Å². The Morgan fingerprint density at radius 2 is 2.22 bits per heavy atom. The van der Waals surface area contributed by atoms with Crippen LogP contribution in [0.2, 0.25) is 5.02 Å². The molecule has 2 heterocycles. The number of hydrogen-bond acceptors (Lipinski definition) is 4. The number of carbonyl (C=O) groups is 1. The number of carbonyl (C=O) groups excluding carboxylic acids is 1. The number of H-pyrrole nitrogens is 1. The highest BCUT2D eigenvalue weighted by atomic mass is 35.5. The van der Waals surface area contributed by atoms with Crippen LogP contribution in [0.4, 0.5) is 0 Å². The van der Waals surface area contributed by atoms with Crippen molar-refractivity contribution in [2.75, 3.05) is 18.6 Å². The number of nitrogens with one attached hydrogen (secondary N) is 2. The van der Waals surface area contributed by atoms with Crippen LogP contribution >= 0.6 is 23.4 Å². The average Bonchev–Trinajstić information content (AvgIpc) is 2.98. The van der Waals surface area contributed by atoms with E-state index in [9.17, 15) is 4.79 Å². The topological polar surface area (TPSA) is 70.7 Å². The first-order chi connectivity index (χ1) is 11.2. The number of thioether (sulfide) groups is 1. The molecule has 0 bridgehead atoms. The van der Waals surface area contributed by atoms with Crippen molar-refractivity contribution in [3.8, 4) is 11.3 Å². The highest BCUT2D eigenvalue weighted by molar-refractivity contribution is 7.98. The lowest BCUT2D eigenvalue weighted by molar-refractivity contribution is 0.0957. The molecule has 23 heavy (non-hydrogen) atoms. The first-order valence-corrected chi connectivity index (χ1v) is 8.84. The van der Waals surface area contributed by atoms with E-state index in [1.807, 2.05) is 24.5 Å². The number of amides is 1. The third-order valence-corrected chi connectivity index (χ3v) is 4.31. The molecule has 7 heteroatoms. The second-order valence-electron chi connectivity index (χ2n) is 4.88. The fraction of sp³-hybridized carbons (Fsp3) is 0.188. The summed E-state index contributed by atoms with van der Waals surface area (Å²) in [6.45, 7) is 0.615. The van der Waals surface area contributed by atoms with Gasteiger partial charge in [0, 0.05) is 24.1 Å². The van der Waals surface area contributed by atoms with Crippen molar-refractivity contribution >= 4 is 40.4 Å². The summed E-state index contributed by atoms with van der Waals surface area (Å²) >= 11 is 7.89. The number of benzene rings is 1. The number of halogens is 1. The third kappa shape index (κ3) is 3.33. The molecular weight excluding hydrogens is 332 g/mol. The van der Waals surface area contributed by atoms with Crippen LogP contribution in [0, 0.1) is 0 Å². The monoisotopic (exact) mass is 346 g/mol. The Balaban J connectivity index is 1.97. The Morgan fingerprint density at radius 1 is 1.39 bits per heavy atom. The molecule has 0 aliphatic rings. The van der Waals surface area contributed by atoms with Gasteiger partial charge in [-0.1, -0.05) is 29.8 Å². The molecule has 0 saturated heterocycles. The van der Waals surface area contributed by atoms with E-state index < -0.39 is 0 Å². The Bertz CT molecular complexity index is 849. The van der Waals surface area contributed by atoms with Gasteiger partial charge in [-0.2, -0.15) is 11.8 Å². The Labute approximate surface area is 142 Å². The van der Waals surface area contributed by atoms with E-state index in [0.29, 0.717) is 34.0 Å². The van der Waals surface area contributed by atoms with Crippen molar-refractivity contribution in [3.63, 3.8) is 0 Å². The predicted octanol–water partition coefficient (Wildman–Crippen LogP) is 3.37. The van der Waals surface area contributed by atoms with E-state index in [4.69, 9.17) is 11.6 Å². The first-order valence-electron chi connectivity index (χ1n) is 7.07. The minimum absolute atomic E-state index is 0.157. The lowest BCUT2D eigenvalue weighted by Crippen LogP contribution is -2.25. The molecular formula is C16H15ClN4OS. The molecule has 2 N–H and O–H groups in total. The third-order valence-electron chi connectivity index (χ3n) is 3.37. The van der Waals surface area contributed by atoms with Crippen molar-refractivity contribution in [2.45, 2.75) is 0 Å². The summed E-state index contributed by atoms with van der Waals surface area (Å²) < 4.78 is 0. The fourth-order valence-corrected chi connectivity index (χ4v) is 2.76.